The molecule has 1 atom stereocenters. The van der Waals surface area contributed by atoms with Crippen LogP contribution in [0.15, 0.2) is 41.0 Å². The van der Waals surface area contributed by atoms with Crippen molar-refractivity contribution >= 4 is 23.3 Å². The molecule has 10 heteroatoms. The first-order valence-electron chi connectivity index (χ1n) is 8.44. The summed E-state index contributed by atoms with van der Waals surface area (Å²) in [4.78, 5) is 35.0. The predicted octanol–water partition coefficient (Wildman–Crippen LogP) is 2.11. The molecular weight excluding hydrogens is 370 g/mol. The van der Waals surface area contributed by atoms with Gasteiger partial charge in [-0.2, -0.15) is 0 Å². The lowest BCUT2D eigenvalue weighted by atomic mass is 10.1. The number of methoxy groups -OCH3 is 1. The topological polar surface area (TPSA) is 133 Å². The highest BCUT2D eigenvalue weighted by molar-refractivity contribution is 5.98. The number of benzene rings is 1. The van der Waals surface area contributed by atoms with E-state index in [9.17, 15) is 19.7 Å². The molecule has 2 aromatic rings. The van der Waals surface area contributed by atoms with Gasteiger partial charge in [0.25, 0.3) is 11.6 Å². The van der Waals surface area contributed by atoms with E-state index in [1.54, 1.807) is 12.1 Å². The molecule has 2 N–H and O–H groups in total. The molecule has 0 aliphatic heterocycles. The van der Waals surface area contributed by atoms with E-state index in [-0.39, 0.29) is 17.8 Å². The Balaban J connectivity index is 2.06. The smallest absolute Gasteiger partial charge is 0.341 e. The second kappa shape index (κ2) is 10.1. The minimum atomic E-state index is -1.10. The quantitative estimate of drug-likeness (QED) is 0.272. The average Bonchev–Trinajstić information content (AvgIpc) is 3.19. The van der Waals surface area contributed by atoms with E-state index in [4.69, 9.17) is 13.9 Å². The minimum absolute atomic E-state index is 0.0454. The Labute approximate surface area is 161 Å². The van der Waals surface area contributed by atoms with Gasteiger partial charge in [-0.05, 0) is 25.1 Å². The van der Waals surface area contributed by atoms with E-state index in [1.807, 2.05) is 0 Å². The molecule has 1 aromatic carbocycles. The van der Waals surface area contributed by atoms with Crippen LogP contribution in [-0.2, 0) is 20.8 Å². The SMILES string of the molecule is COCCNc1ccc([N+](=O)[O-])cc1C(=O)O[C@H](C)C(=O)NCc1ccco1. The zero-order valence-corrected chi connectivity index (χ0v) is 15.5. The highest BCUT2D eigenvalue weighted by atomic mass is 16.6. The van der Waals surface area contributed by atoms with E-state index < -0.39 is 22.9 Å². The highest BCUT2D eigenvalue weighted by Gasteiger charge is 2.23. The Kier molecular flexibility index (Phi) is 7.52. The molecule has 0 unspecified atom stereocenters. The number of carbonyl (C=O) groups excluding carboxylic acids is 2. The van der Waals surface area contributed by atoms with Gasteiger partial charge in [0.2, 0.25) is 0 Å². The van der Waals surface area contributed by atoms with Gasteiger partial charge in [0.05, 0.1) is 29.9 Å². The van der Waals surface area contributed by atoms with Crippen molar-refractivity contribution in [3.8, 4) is 0 Å². The predicted molar refractivity (Wildman–Crippen MR) is 98.9 cm³/mol. The second-order valence-electron chi connectivity index (χ2n) is 5.75. The van der Waals surface area contributed by atoms with Gasteiger partial charge in [0.1, 0.15) is 5.76 Å². The number of rotatable bonds is 10. The molecule has 0 radical (unpaired) electrons. The number of hydrogen-bond acceptors (Lipinski definition) is 8. The van der Waals surface area contributed by atoms with Crippen molar-refractivity contribution in [2.24, 2.45) is 0 Å². The normalized spacial score (nSPS) is 11.5. The molecule has 0 saturated carbocycles. The summed E-state index contributed by atoms with van der Waals surface area (Å²) in [5.74, 6) is -0.830. The van der Waals surface area contributed by atoms with Gasteiger partial charge in [-0.25, -0.2) is 4.79 Å². The number of furan rings is 1. The molecule has 10 nitrogen and oxygen atoms in total. The maximum Gasteiger partial charge on any atom is 0.341 e. The molecule has 0 aliphatic carbocycles. The lowest BCUT2D eigenvalue weighted by molar-refractivity contribution is -0.384. The first-order chi connectivity index (χ1) is 13.4. The maximum absolute atomic E-state index is 12.5. The molecule has 28 heavy (non-hydrogen) atoms. The molecule has 0 bridgehead atoms. The van der Waals surface area contributed by atoms with E-state index in [1.165, 1.54) is 32.4 Å². The Bertz CT molecular complexity index is 821. The molecule has 150 valence electrons. The van der Waals surface area contributed by atoms with Crippen LogP contribution in [0.3, 0.4) is 0 Å². The van der Waals surface area contributed by atoms with Crippen LogP contribution < -0.4 is 10.6 Å². The van der Waals surface area contributed by atoms with Gasteiger partial charge in [-0.15, -0.1) is 0 Å². The third-order valence-corrected chi connectivity index (χ3v) is 3.73. The third-order valence-electron chi connectivity index (χ3n) is 3.73. The van der Waals surface area contributed by atoms with Crippen molar-refractivity contribution in [2.45, 2.75) is 19.6 Å². The highest BCUT2D eigenvalue weighted by Crippen LogP contribution is 2.23. The van der Waals surface area contributed by atoms with Gasteiger partial charge >= 0.3 is 5.97 Å². The standard InChI is InChI=1S/C18H21N3O7/c1-12(17(22)20-11-14-4-3-8-27-14)28-18(23)15-10-13(21(24)25)5-6-16(15)19-7-9-26-2/h3-6,8,10,12,19H,7,9,11H2,1-2H3,(H,20,22)/t12-/m1/s1. The minimum Gasteiger partial charge on any atom is -0.467 e. The summed E-state index contributed by atoms with van der Waals surface area (Å²) in [5, 5.41) is 16.5. The number of nitrogens with zero attached hydrogens (tertiary/aromatic N) is 1. The lowest BCUT2D eigenvalue weighted by Crippen LogP contribution is -2.35. The molecule has 0 aliphatic rings. The molecule has 1 heterocycles. The summed E-state index contributed by atoms with van der Waals surface area (Å²) in [6.45, 7) is 2.31. The van der Waals surface area contributed by atoms with Crippen LogP contribution in [0, 0.1) is 10.1 Å². The van der Waals surface area contributed by atoms with Crippen LogP contribution in [0.25, 0.3) is 0 Å². The second-order valence-corrected chi connectivity index (χ2v) is 5.75. The number of amides is 1. The number of nitro groups is 1. The molecule has 2 rings (SSSR count). The monoisotopic (exact) mass is 391 g/mol. The fourth-order valence-corrected chi connectivity index (χ4v) is 2.27. The molecule has 1 aromatic heterocycles. The molecule has 0 fully saturated rings. The van der Waals surface area contributed by atoms with Crippen LogP contribution in [0.5, 0.6) is 0 Å². The summed E-state index contributed by atoms with van der Waals surface area (Å²) >= 11 is 0. The molecule has 0 spiro atoms. The number of hydrogen-bond donors (Lipinski definition) is 2. The number of non-ortho nitro benzene ring substituents is 1. The number of ether oxygens (including phenoxy) is 2. The number of carbonyl (C=O) groups is 2. The van der Waals surface area contributed by atoms with Crippen molar-refractivity contribution in [3.63, 3.8) is 0 Å². The summed E-state index contributed by atoms with van der Waals surface area (Å²) in [5.41, 5.74) is 0.0333. The van der Waals surface area contributed by atoms with Crippen LogP contribution in [0.1, 0.15) is 23.0 Å². The zero-order valence-electron chi connectivity index (χ0n) is 15.5. The fourth-order valence-electron chi connectivity index (χ4n) is 2.27. The third kappa shape index (κ3) is 5.81. The van der Waals surface area contributed by atoms with Gasteiger partial charge in [-0.1, -0.05) is 0 Å². The summed E-state index contributed by atoms with van der Waals surface area (Å²) in [6.07, 6.45) is 0.374. The Morgan fingerprint density at radius 1 is 1.32 bits per heavy atom. The van der Waals surface area contributed by atoms with E-state index in [0.29, 0.717) is 24.6 Å². The van der Waals surface area contributed by atoms with Crippen LogP contribution in [-0.4, -0.2) is 43.2 Å². The Morgan fingerprint density at radius 2 is 2.11 bits per heavy atom. The van der Waals surface area contributed by atoms with Crippen LogP contribution >= 0.6 is 0 Å². The molecule has 0 saturated heterocycles. The average molecular weight is 391 g/mol. The number of anilines is 1. The number of nitrogens with one attached hydrogen (secondary N) is 2. The van der Waals surface area contributed by atoms with E-state index >= 15 is 0 Å². The van der Waals surface area contributed by atoms with Gasteiger partial charge < -0.3 is 24.5 Å². The van der Waals surface area contributed by atoms with Crippen molar-refractivity contribution in [1.82, 2.24) is 5.32 Å². The van der Waals surface area contributed by atoms with Crippen LogP contribution in [0.4, 0.5) is 11.4 Å². The number of nitro benzene ring substituents is 1. The van der Waals surface area contributed by atoms with Gasteiger partial charge in [0.15, 0.2) is 6.10 Å². The van der Waals surface area contributed by atoms with Crippen LogP contribution in [0.2, 0.25) is 0 Å². The lowest BCUT2D eigenvalue weighted by Gasteiger charge is -2.15. The summed E-state index contributed by atoms with van der Waals surface area (Å²) in [6, 6.07) is 7.16. The molecule has 1 amide bonds. The van der Waals surface area contributed by atoms with Crippen molar-refractivity contribution in [1.29, 1.82) is 0 Å². The van der Waals surface area contributed by atoms with E-state index in [0.717, 1.165) is 6.07 Å². The first kappa shape index (κ1) is 20.9. The number of esters is 1. The van der Waals surface area contributed by atoms with E-state index in [2.05, 4.69) is 10.6 Å². The largest absolute Gasteiger partial charge is 0.467 e. The Hall–Kier alpha value is -3.40. The van der Waals surface area contributed by atoms with Crippen molar-refractivity contribution in [2.75, 3.05) is 25.6 Å². The summed E-state index contributed by atoms with van der Waals surface area (Å²) < 4.78 is 15.2. The van der Waals surface area contributed by atoms with Gasteiger partial charge in [0, 0.05) is 31.5 Å². The fraction of sp³-hybridized carbons (Fsp3) is 0.333. The van der Waals surface area contributed by atoms with Crippen molar-refractivity contribution in [3.05, 3.63) is 58.0 Å². The first-order valence-corrected chi connectivity index (χ1v) is 8.44. The van der Waals surface area contributed by atoms with Crippen molar-refractivity contribution < 1.29 is 28.4 Å². The summed E-state index contributed by atoms with van der Waals surface area (Å²) in [7, 11) is 1.52. The molecular formula is C18H21N3O7. The van der Waals surface area contributed by atoms with Gasteiger partial charge in [-0.3, -0.25) is 14.9 Å². The zero-order chi connectivity index (χ0) is 20.5. The Morgan fingerprint density at radius 3 is 2.75 bits per heavy atom. The maximum atomic E-state index is 12.5.